The molecule has 0 aliphatic heterocycles. The summed E-state index contributed by atoms with van der Waals surface area (Å²) in [5.74, 6) is -3.18. The van der Waals surface area contributed by atoms with Crippen LogP contribution in [-0.2, 0) is 0 Å². The lowest BCUT2D eigenvalue weighted by Gasteiger charge is -2.09. The van der Waals surface area contributed by atoms with Gasteiger partial charge < -0.3 is 10.4 Å². The fraction of sp³-hybridized carbons (Fsp3) is 0.400. The second kappa shape index (κ2) is 5.02. The molecule has 0 spiro atoms. The standard InChI is InChI=1S/C10H12F3NO/c1-6(15)2-3-14-9-5-7(11)4-8(12)10(9)13/h4-6,14-15H,2-3H2,1H3. The van der Waals surface area contributed by atoms with Gasteiger partial charge in [-0.3, -0.25) is 0 Å². The van der Waals surface area contributed by atoms with Crippen molar-refractivity contribution in [1.82, 2.24) is 0 Å². The molecule has 0 saturated heterocycles. The Morgan fingerprint density at radius 2 is 2.00 bits per heavy atom. The van der Waals surface area contributed by atoms with Crippen molar-refractivity contribution in [3.05, 3.63) is 29.6 Å². The summed E-state index contributed by atoms with van der Waals surface area (Å²) in [6, 6.07) is 1.36. The Kier molecular flexibility index (Phi) is 3.96. The van der Waals surface area contributed by atoms with E-state index in [1.807, 2.05) is 0 Å². The van der Waals surface area contributed by atoms with Crippen molar-refractivity contribution < 1.29 is 18.3 Å². The molecule has 0 amide bonds. The smallest absolute Gasteiger partial charge is 0.182 e. The topological polar surface area (TPSA) is 32.3 Å². The van der Waals surface area contributed by atoms with Gasteiger partial charge in [-0.05, 0) is 13.3 Å². The molecule has 0 radical (unpaired) electrons. The molecule has 5 heteroatoms. The summed E-state index contributed by atoms with van der Waals surface area (Å²) in [4.78, 5) is 0. The van der Waals surface area contributed by atoms with Crippen LogP contribution in [0.4, 0.5) is 18.9 Å². The van der Waals surface area contributed by atoms with Gasteiger partial charge in [0, 0.05) is 18.7 Å². The summed E-state index contributed by atoms with van der Waals surface area (Å²) in [6.07, 6.45) is -0.170. The fourth-order valence-corrected chi connectivity index (χ4v) is 1.10. The zero-order valence-electron chi connectivity index (χ0n) is 8.23. The lowest BCUT2D eigenvalue weighted by Crippen LogP contribution is -2.11. The average Bonchev–Trinajstić information content (AvgIpc) is 2.12. The van der Waals surface area contributed by atoms with Gasteiger partial charge in [0.1, 0.15) is 5.82 Å². The first kappa shape index (κ1) is 11.8. The highest BCUT2D eigenvalue weighted by Gasteiger charge is 2.10. The lowest BCUT2D eigenvalue weighted by molar-refractivity contribution is 0.188. The van der Waals surface area contributed by atoms with Gasteiger partial charge in [-0.25, -0.2) is 13.2 Å². The van der Waals surface area contributed by atoms with Gasteiger partial charge in [0.15, 0.2) is 11.6 Å². The molecular weight excluding hydrogens is 207 g/mol. The van der Waals surface area contributed by atoms with Gasteiger partial charge in [-0.15, -0.1) is 0 Å². The molecular formula is C10H12F3NO. The summed E-state index contributed by atoms with van der Waals surface area (Å²) in [5.41, 5.74) is -0.229. The Morgan fingerprint density at radius 1 is 1.33 bits per heavy atom. The minimum atomic E-state index is -1.23. The van der Waals surface area contributed by atoms with Crippen molar-refractivity contribution in [1.29, 1.82) is 0 Å². The third kappa shape index (κ3) is 3.43. The van der Waals surface area contributed by atoms with E-state index >= 15 is 0 Å². The Bertz CT molecular complexity index is 342. The van der Waals surface area contributed by atoms with E-state index < -0.39 is 23.6 Å². The summed E-state index contributed by atoms with van der Waals surface area (Å²) in [5, 5.41) is 11.4. The minimum absolute atomic E-state index is 0.229. The number of hydrogen-bond acceptors (Lipinski definition) is 2. The molecule has 1 aromatic rings. The van der Waals surface area contributed by atoms with Crippen molar-refractivity contribution >= 4 is 5.69 Å². The van der Waals surface area contributed by atoms with Gasteiger partial charge in [-0.1, -0.05) is 0 Å². The number of benzene rings is 1. The minimum Gasteiger partial charge on any atom is -0.393 e. The molecule has 0 aromatic heterocycles. The summed E-state index contributed by atoms with van der Waals surface area (Å²) < 4.78 is 38.5. The molecule has 1 aromatic carbocycles. The van der Waals surface area contributed by atoms with Crippen LogP contribution in [0.2, 0.25) is 0 Å². The van der Waals surface area contributed by atoms with E-state index in [-0.39, 0.29) is 12.2 Å². The van der Waals surface area contributed by atoms with E-state index in [0.717, 1.165) is 6.07 Å². The zero-order chi connectivity index (χ0) is 11.4. The van der Waals surface area contributed by atoms with Gasteiger partial charge in [0.05, 0.1) is 11.8 Å². The van der Waals surface area contributed by atoms with Gasteiger partial charge in [0.2, 0.25) is 0 Å². The molecule has 84 valence electrons. The first-order valence-corrected chi connectivity index (χ1v) is 4.57. The Balaban J connectivity index is 2.68. The van der Waals surface area contributed by atoms with Crippen molar-refractivity contribution in [3.63, 3.8) is 0 Å². The molecule has 1 atom stereocenters. The molecule has 1 rings (SSSR count). The summed E-state index contributed by atoms with van der Waals surface area (Å²) in [6.45, 7) is 1.82. The maximum absolute atomic E-state index is 13.0. The molecule has 0 saturated carbocycles. The average molecular weight is 219 g/mol. The number of halogens is 3. The Labute approximate surface area is 85.7 Å². The molecule has 0 aliphatic rings. The highest BCUT2D eigenvalue weighted by molar-refractivity contribution is 5.45. The maximum Gasteiger partial charge on any atom is 0.182 e. The van der Waals surface area contributed by atoms with Crippen molar-refractivity contribution in [3.8, 4) is 0 Å². The molecule has 2 nitrogen and oxygen atoms in total. The van der Waals surface area contributed by atoms with Gasteiger partial charge >= 0.3 is 0 Å². The second-order valence-electron chi connectivity index (χ2n) is 3.31. The number of rotatable bonds is 4. The molecule has 0 aliphatic carbocycles. The van der Waals surface area contributed by atoms with Crippen molar-refractivity contribution in [2.75, 3.05) is 11.9 Å². The Morgan fingerprint density at radius 3 is 2.60 bits per heavy atom. The number of aliphatic hydroxyl groups excluding tert-OH is 1. The van der Waals surface area contributed by atoms with Crippen LogP contribution in [0.3, 0.4) is 0 Å². The van der Waals surface area contributed by atoms with Crippen LogP contribution in [0, 0.1) is 17.5 Å². The van der Waals surface area contributed by atoms with Gasteiger partial charge in [0.25, 0.3) is 0 Å². The van der Waals surface area contributed by atoms with Crippen LogP contribution in [0.5, 0.6) is 0 Å². The predicted octanol–water partition coefficient (Wildman–Crippen LogP) is 2.29. The van der Waals surface area contributed by atoms with Crippen LogP contribution in [0.1, 0.15) is 13.3 Å². The molecule has 15 heavy (non-hydrogen) atoms. The van der Waals surface area contributed by atoms with Crippen molar-refractivity contribution in [2.45, 2.75) is 19.4 Å². The van der Waals surface area contributed by atoms with Crippen molar-refractivity contribution in [2.24, 2.45) is 0 Å². The van der Waals surface area contributed by atoms with E-state index in [1.165, 1.54) is 0 Å². The second-order valence-corrected chi connectivity index (χ2v) is 3.31. The number of nitrogens with one attached hydrogen (secondary N) is 1. The highest BCUT2D eigenvalue weighted by Crippen LogP contribution is 2.18. The molecule has 0 bridgehead atoms. The van der Waals surface area contributed by atoms with Gasteiger partial charge in [-0.2, -0.15) is 0 Å². The first-order valence-electron chi connectivity index (χ1n) is 4.57. The van der Waals surface area contributed by atoms with Crippen LogP contribution >= 0.6 is 0 Å². The zero-order valence-corrected chi connectivity index (χ0v) is 8.23. The number of aliphatic hydroxyl groups is 1. The predicted molar refractivity (Wildman–Crippen MR) is 51.1 cm³/mol. The molecule has 1 unspecified atom stereocenters. The van der Waals surface area contributed by atoms with E-state index in [9.17, 15) is 13.2 Å². The molecule has 0 fully saturated rings. The fourth-order valence-electron chi connectivity index (χ4n) is 1.10. The summed E-state index contributed by atoms with van der Waals surface area (Å²) >= 11 is 0. The van der Waals surface area contributed by atoms with E-state index in [1.54, 1.807) is 6.92 Å². The first-order chi connectivity index (χ1) is 7.00. The normalized spacial score (nSPS) is 12.6. The third-order valence-corrected chi connectivity index (χ3v) is 1.87. The third-order valence-electron chi connectivity index (χ3n) is 1.87. The molecule has 2 N–H and O–H groups in total. The van der Waals surface area contributed by atoms with E-state index in [0.29, 0.717) is 12.5 Å². The molecule has 0 heterocycles. The number of hydrogen-bond donors (Lipinski definition) is 2. The van der Waals surface area contributed by atoms with E-state index in [4.69, 9.17) is 5.11 Å². The van der Waals surface area contributed by atoms with Crippen LogP contribution in [0.25, 0.3) is 0 Å². The largest absolute Gasteiger partial charge is 0.393 e. The number of anilines is 1. The Hall–Kier alpha value is -1.23. The van der Waals surface area contributed by atoms with E-state index in [2.05, 4.69) is 5.32 Å². The lowest BCUT2D eigenvalue weighted by atomic mass is 10.2. The summed E-state index contributed by atoms with van der Waals surface area (Å²) in [7, 11) is 0. The quantitative estimate of drug-likeness (QED) is 0.761. The van der Waals surface area contributed by atoms with Crippen LogP contribution in [0.15, 0.2) is 12.1 Å². The monoisotopic (exact) mass is 219 g/mol. The maximum atomic E-state index is 13.0. The SMILES string of the molecule is CC(O)CCNc1cc(F)cc(F)c1F. The van der Waals surface area contributed by atoms with Crippen LogP contribution < -0.4 is 5.32 Å². The van der Waals surface area contributed by atoms with Crippen LogP contribution in [-0.4, -0.2) is 17.8 Å². The highest BCUT2D eigenvalue weighted by atomic mass is 19.2.